The van der Waals surface area contributed by atoms with Gasteiger partial charge in [-0.2, -0.15) is 0 Å². The molecule has 1 unspecified atom stereocenters. The van der Waals surface area contributed by atoms with Gasteiger partial charge in [0.05, 0.1) is 11.9 Å². The first-order chi connectivity index (χ1) is 10.5. The first-order valence-electron chi connectivity index (χ1n) is 6.73. The minimum Gasteiger partial charge on any atom is -0.478 e. The van der Waals surface area contributed by atoms with E-state index >= 15 is 0 Å². The molecule has 1 aromatic carbocycles. The summed E-state index contributed by atoms with van der Waals surface area (Å²) in [7, 11) is 0. The Kier molecular flexibility index (Phi) is 4.88. The normalized spacial score (nSPS) is 11.9. The van der Waals surface area contributed by atoms with Crippen LogP contribution >= 0.6 is 0 Å². The van der Waals surface area contributed by atoms with Crippen LogP contribution in [-0.2, 0) is 11.3 Å². The summed E-state index contributed by atoms with van der Waals surface area (Å²) in [6.45, 7) is 1.89. The summed E-state index contributed by atoms with van der Waals surface area (Å²) in [5.74, 6) is -2.06. The molecule has 0 aliphatic heterocycles. The molecule has 0 aliphatic carbocycles. The molecule has 0 fully saturated rings. The molecule has 0 bridgehead atoms. The zero-order chi connectivity index (χ0) is 16.1. The molecule has 1 atom stereocenters. The van der Waals surface area contributed by atoms with Crippen LogP contribution in [-0.4, -0.2) is 26.5 Å². The minimum absolute atomic E-state index is 0.0151. The minimum atomic E-state index is -1.19. The summed E-state index contributed by atoms with van der Waals surface area (Å²) in [5, 5.41) is 11.4. The maximum absolute atomic E-state index is 13.7. The summed E-state index contributed by atoms with van der Waals surface area (Å²) in [5.41, 5.74) is 0.120. The first-order valence-corrected chi connectivity index (χ1v) is 6.73. The van der Waals surface area contributed by atoms with E-state index in [-0.39, 0.29) is 36.0 Å². The fourth-order valence-corrected chi connectivity index (χ4v) is 1.99. The van der Waals surface area contributed by atoms with Crippen LogP contribution in [0.4, 0.5) is 4.39 Å². The van der Waals surface area contributed by atoms with Crippen LogP contribution in [0.15, 0.2) is 36.9 Å². The lowest BCUT2D eigenvalue weighted by atomic mass is 10.1. The number of aromatic carboxylic acids is 1. The number of halogens is 1. The zero-order valence-corrected chi connectivity index (χ0v) is 12.0. The van der Waals surface area contributed by atoms with Gasteiger partial charge in [0, 0.05) is 37.0 Å². The molecule has 2 N–H and O–H groups in total. The largest absolute Gasteiger partial charge is 0.478 e. The van der Waals surface area contributed by atoms with E-state index in [1.54, 1.807) is 18.7 Å². The molecule has 2 aromatic rings. The molecule has 116 valence electrons. The number of benzene rings is 1. The Labute approximate surface area is 126 Å². The van der Waals surface area contributed by atoms with Gasteiger partial charge < -0.3 is 15.0 Å². The average molecular weight is 305 g/mol. The van der Waals surface area contributed by atoms with Crippen molar-refractivity contribution in [1.29, 1.82) is 0 Å². The molecule has 0 saturated carbocycles. The number of nitrogens with zero attached hydrogens (tertiary/aromatic N) is 2. The molecular formula is C15H16FN3O3. The number of amides is 1. The van der Waals surface area contributed by atoms with E-state index in [0.717, 1.165) is 6.07 Å². The van der Waals surface area contributed by atoms with Crippen LogP contribution in [0, 0.1) is 5.82 Å². The van der Waals surface area contributed by atoms with E-state index < -0.39 is 11.8 Å². The van der Waals surface area contributed by atoms with Gasteiger partial charge in [0.1, 0.15) is 5.82 Å². The van der Waals surface area contributed by atoms with E-state index in [4.69, 9.17) is 5.11 Å². The molecule has 0 spiro atoms. The summed E-state index contributed by atoms with van der Waals surface area (Å²) >= 11 is 0. The number of nitrogens with one attached hydrogen (secondary N) is 1. The van der Waals surface area contributed by atoms with Crippen LogP contribution < -0.4 is 5.32 Å². The SMILES string of the molecule is CC(CC(=O)NCc1ccc(C(=O)O)cc1F)n1ccnc1. The highest BCUT2D eigenvalue weighted by Crippen LogP contribution is 2.12. The van der Waals surface area contributed by atoms with E-state index in [1.165, 1.54) is 12.1 Å². The number of carboxylic acid groups (broad SMARTS) is 1. The van der Waals surface area contributed by atoms with Crippen molar-refractivity contribution in [2.24, 2.45) is 0 Å². The molecule has 7 heteroatoms. The highest BCUT2D eigenvalue weighted by Gasteiger charge is 2.12. The second kappa shape index (κ2) is 6.84. The number of carbonyl (C=O) groups excluding carboxylic acids is 1. The molecule has 0 saturated heterocycles. The van der Waals surface area contributed by atoms with E-state index in [1.807, 2.05) is 11.5 Å². The number of carbonyl (C=O) groups is 2. The lowest BCUT2D eigenvalue weighted by Gasteiger charge is -2.13. The fourth-order valence-electron chi connectivity index (χ4n) is 1.99. The summed E-state index contributed by atoms with van der Waals surface area (Å²) in [6, 6.07) is 3.55. The van der Waals surface area contributed by atoms with Crippen molar-refractivity contribution in [2.75, 3.05) is 0 Å². The second-order valence-corrected chi connectivity index (χ2v) is 4.95. The van der Waals surface area contributed by atoms with Crippen molar-refractivity contribution < 1.29 is 19.1 Å². The van der Waals surface area contributed by atoms with Crippen LogP contribution in [0.25, 0.3) is 0 Å². The molecule has 6 nitrogen and oxygen atoms in total. The highest BCUT2D eigenvalue weighted by molar-refractivity contribution is 5.87. The van der Waals surface area contributed by atoms with Gasteiger partial charge >= 0.3 is 5.97 Å². The number of hydrogen-bond donors (Lipinski definition) is 2. The Bertz CT molecular complexity index is 671. The Morgan fingerprint density at radius 2 is 2.23 bits per heavy atom. The smallest absolute Gasteiger partial charge is 0.335 e. The Balaban J connectivity index is 1.90. The van der Waals surface area contributed by atoms with Gasteiger partial charge in [0.2, 0.25) is 5.91 Å². The molecule has 1 heterocycles. The van der Waals surface area contributed by atoms with Crippen LogP contribution in [0.2, 0.25) is 0 Å². The van der Waals surface area contributed by atoms with E-state index in [9.17, 15) is 14.0 Å². The maximum atomic E-state index is 13.7. The first kappa shape index (κ1) is 15.7. The Hall–Kier alpha value is -2.70. The third-order valence-corrected chi connectivity index (χ3v) is 3.29. The molecule has 1 aromatic heterocycles. The number of aromatic nitrogens is 2. The van der Waals surface area contributed by atoms with Gasteiger partial charge in [0.15, 0.2) is 0 Å². The van der Waals surface area contributed by atoms with Crippen molar-refractivity contribution in [3.8, 4) is 0 Å². The van der Waals surface area contributed by atoms with Gasteiger partial charge in [-0.3, -0.25) is 4.79 Å². The molecule has 0 aliphatic rings. The van der Waals surface area contributed by atoms with Gasteiger partial charge in [-0.25, -0.2) is 14.2 Å². The van der Waals surface area contributed by atoms with Crippen molar-refractivity contribution in [2.45, 2.75) is 25.9 Å². The lowest BCUT2D eigenvalue weighted by molar-refractivity contribution is -0.121. The summed E-state index contributed by atoms with van der Waals surface area (Å²) in [6.07, 6.45) is 5.27. The quantitative estimate of drug-likeness (QED) is 0.855. The van der Waals surface area contributed by atoms with Gasteiger partial charge in [-0.1, -0.05) is 6.07 Å². The third-order valence-electron chi connectivity index (χ3n) is 3.29. The van der Waals surface area contributed by atoms with Crippen LogP contribution in [0.1, 0.15) is 35.3 Å². The Morgan fingerprint density at radius 3 is 2.82 bits per heavy atom. The van der Waals surface area contributed by atoms with Gasteiger partial charge in [-0.05, 0) is 19.1 Å². The van der Waals surface area contributed by atoms with Crippen LogP contribution in [0.5, 0.6) is 0 Å². The predicted octanol–water partition coefficient (Wildman–Crippen LogP) is 1.99. The highest BCUT2D eigenvalue weighted by atomic mass is 19.1. The van der Waals surface area contributed by atoms with Crippen LogP contribution in [0.3, 0.4) is 0 Å². The molecule has 22 heavy (non-hydrogen) atoms. The lowest BCUT2D eigenvalue weighted by Crippen LogP contribution is -2.25. The molecule has 0 radical (unpaired) electrons. The Morgan fingerprint density at radius 1 is 1.45 bits per heavy atom. The standard InChI is InChI=1S/C15H16FN3O3/c1-10(19-5-4-17-9-19)6-14(20)18-8-12-3-2-11(15(21)22)7-13(12)16/h2-5,7,9-10H,6,8H2,1H3,(H,18,20)(H,21,22). The van der Waals surface area contributed by atoms with E-state index in [2.05, 4.69) is 10.3 Å². The van der Waals surface area contributed by atoms with Crippen molar-refractivity contribution in [3.05, 3.63) is 53.9 Å². The number of carboxylic acids is 1. The molecule has 1 amide bonds. The summed E-state index contributed by atoms with van der Waals surface area (Å²) < 4.78 is 15.5. The maximum Gasteiger partial charge on any atom is 0.335 e. The fraction of sp³-hybridized carbons (Fsp3) is 0.267. The van der Waals surface area contributed by atoms with Crippen molar-refractivity contribution >= 4 is 11.9 Å². The molecule has 2 rings (SSSR count). The van der Waals surface area contributed by atoms with Crippen molar-refractivity contribution in [3.63, 3.8) is 0 Å². The number of rotatable bonds is 6. The summed E-state index contributed by atoms with van der Waals surface area (Å²) in [4.78, 5) is 26.5. The second-order valence-electron chi connectivity index (χ2n) is 4.95. The predicted molar refractivity (Wildman–Crippen MR) is 76.8 cm³/mol. The third kappa shape index (κ3) is 3.91. The van der Waals surface area contributed by atoms with E-state index in [0.29, 0.717) is 0 Å². The number of imidazole rings is 1. The topological polar surface area (TPSA) is 84.2 Å². The van der Waals surface area contributed by atoms with Crippen molar-refractivity contribution in [1.82, 2.24) is 14.9 Å². The monoisotopic (exact) mass is 305 g/mol. The zero-order valence-electron chi connectivity index (χ0n) is 12.0. The average Bonchev–Trinajstić information content (AvgIpc) is 3.00. The molecular weight excluding hydrogens is 289 g/mol. The van der Waals surface area contributed by atoms with Gasteiger partial charge in [-0.15, -0.1) is 0 Å². The van der Waals surface area contributed by atoms with Gasteiger partial charge in [0.25, 0.3) is 0 Å². The number of hydrogen-bond acceptors (Lipinski definition) is 3.